The number of benzene rings is 1. The molecule has 0 fully saturated rings. The summed E-state index contributed by atoms with van der Waals surface area (Å²) in [5.74, 6) is -1.00. The maximum Gasteiger partial charge on any atom is 0.254 e. The van der Waals surface area contributed by atoms with Gasteiger partial charge in [0.2, 0.25) is 11.0 Å². The molecule has 1 heterocycles. The third kappa shape index (κ3) is 6.20. The van der Waals surface area contributed by atoms with Crippen molar-refractivity contribution in [3.05, 3.63) is 53.6 Å². The van der Waals surface area contributed by atoms with Crippen molar-refractivity contribution in [2.24, 2.45) is 0 Å². The molecule has 0 radical (unpaired) electrons. The molecule has 8 heteroatoms. The number of carbonyl (C=O) groups excluding carboxylic acids is 2. The molecule has 2 unspecified atom stereocenters. The number of allylic oxidation sites excluding steroid dienone is 1. The number of hydrogen-bond acceptors (Lipinski definition) is 6. The molecule has 2 aromatic rings. The Labute approximate surface area is 175 Å². The Kier molecular flexibility index (Phi) is 8.04. The average molecular weight is 417 g/mol. The lowest BCUT2D eigenvalue weighted by Crippen LogP contribution is -2.45. The molecule has 0 spiro atoms. The molecule has 29 heavy (non-hydrogen) atoms. The van der Waals surface area contributed by atoms with Gasteiger partial charge in [-0.1, -0.05) is 74.9 Å². The van der Waals surface area contributed by atoms with Crippen LogP contribution < -0.4 is 10.6 Å². The smallest absolute Gasteiger partial charge is 0.254 e. The molecule has 7 nitrogen and oxygen atoms in total. The number of rotatable bonds is 10. The number of nitrogens with zero attached hydrogens (tertiary/aromatic N) is 2. The normalized spacial score (nSPS) is 13.4. The van der Waals surface area contributed by atoms with Crippen LogP contribution in [0.4, 0.5) is 5.13 Å². The van der Waals surface area contributed by atoms with Gasteiger partial charge in [0, 0.05) is 5.41 Å². The van der Waals surface area contributed by atoms with Gasteiger partial charge in [0.05, 0.1) is 0 Å². The lowest BCUT2D eigenvalue weighted by Gasteiger charge is -2.19. The highest BCUT2D eigenvalue weighted by atomic mass is 32.1. The van der Waals surface area contributed by atoms with E-state index in [1.807, 2.05) is 26.8 Å². The van der Waals surface area contributed by atoms with Gasteiger partial charge < -0.3 is 10.4 Å². The molecule has 1 aromatic carbocycles. The van der Waals surface area contributed by atoms with E-state index >= 15 is 0 Å². The zero-order valence-corrected chi connectivity index (χ0v) is 17.8. The van der Waals surface area contributed by atoms with Crippen molar-refractivity contribution < 1.29 is 14.7 Å². The standard InChI is InChI=1S/C21H28N4O3S/c1-5-10-15(22-18(28)16(26)14-11-8-7-9-12-14)17(27)23-20-25-24-19(29-20)21(3,4)13-6-2/h6-9,11-12,15-16,26H,2,5,10,13H2,1,3-4H3,(H,22,28)(H,23,25,27). The minimum Gasteiger partial charge on any atom is -0.378 e. The number of anilines is 1. The van der Waals surface area contributed by atoms with Crippen molar-refractivity contribution in [3.63, 3.8) is 0 Å². The maximum atomic E-state index is 12.7. The lowest BCUT2D eigenvalue weighted by atomic mass is 9.90. The summed E-state index contributed by atoms with van der Waals surface area (Å²) in [6.45, 7) is 9.74. The van der Waals surface area contributed by atoms with Crippen LogP contribution in [-0.4, -0.2) is 33.2 Å². The van der Waals surface area contributed by atoms with Gasteiger partial charge in [0.1, 0.15) is 11.0 Å². The number of hydrogen-bond donors (Lipinski definition) is 3. The Morgan fingerprint density at radius 2 is 1.93 bits per heavy atom. The van der Waals surface area contributed by atoms with E-state index < -0.39 is 18.1 Å². The monoisotopic (exact) mass is 416 g/mol. The summed E-state index contributed by atoms with van der Waals surface area (Å²) in [7, 11) is 0. The molecule has 0 bridgehead atoms. The van der Waals surface area contributed by atoms with Crippen molar-refractivity contribution in [2.45, 2.75) is 57.6 Å². The van der Waals surface area contributed by atoms with E-state index in [9.17, 15) is 14.7 Å². The van der Waals surface area contributed by atoms with Crippen LogP contribution in [-0.2, 0) is 15.0 Å². The van der Waals surface area contributed by atoms with Gasteiger partial charge >= 0.3 is 0 Å². The Hall–Kier alpha value is -2.58. The van der Waals surface area contributed by atoms with E-state index in [0.29, 0.717) is 23.5 Å². The molecule has 0 saturated heterocycles. The van der Waals surface area contributed by atoms with Crippen LogP contribution in [0.15, 0.2) is 43.0 Å². The molecule has 1 aromatic heterocycles. The molecule has 0 aliphatic heterocycles. The van der Waals surface area contributed by atoms with Crippen LogP contribution >= 0.6 is 11.3 Å². The molecular weight excluding hydrogens is 388 g/mol. The van der Waals surface area contributed by atoms with E-state index in [1.54, 1.807) is 30.3 Å². The second kappa shape index (κ2) is 10.3. The molecular formula is C21H28N4O3S. The molecule has 0 aliphatic rings. The fourth-order valence-corrected chi connectivity index (χ4v) is 3.64. The van der Waals surface area contributed by atoms with Gasteiger partial charge in [-0.25, -0.2) is 0 Å². The fraction of sp³-hybridized carbons (Fsp3) is 0.429. The van der Waals surface area contributed by atoms with E-state index in [0.717, 1.165) is 11.4 Å². The predicted octanol–water partition coefficient (Wildman–Crippen LogP) is 3.35. The Morgan fingerprint density at radius 3 is 2.55 bits per heavy atom. The van der Waals surface area contributed by atoms with Crippen molar-refractivity contribution in [3.8, 4) is 0 Å². The maximum absolute atomic E-state index is 12.7. The van der Waals surface area contributed by atoms with E-state index in [-0.39, 0.29) is 11.3 Å². The second-order valence-corrected chi connectivity index (χ2v) is 8.42. The van der Waals surface area contributed by atoms with Crippen LogP contribution in [0.2, 0.25) is 0 Å². The minimum absolute atomic E-state index is 0.223. The first kappa shape index (κ1) is 22.7. The van der Waals surface area contributed by atoms with E-state index in [2.05, 4.69) is 27.4 Å². The number of aliphatic hydroxyl groups is 1. The van der Waals surface area contributed by atoms with Crippen LogP contribution in [0.5, 0.6) is 0 Å². The first-order chi connectivity index (χ1) is 13.8. The fourth-order valence-electron chi connectivity index (χ4n) is 2.78. The Morgan fingerprint density at radius 1 is 1.24 bits per heavy atom. The van der Waals surface area contributed by atoms with Gasteiger partial charge in [0.15, 0.2) is 6.10 Å². The molecule has 3 N–H and O–H groups in total. The van der Waals surface area contributed by atoms with Crippen LogP contribution in [0, 0.1) is 0 Å². The lowest BCUT2D eigenvalue weighted by molar-refractivity contribution is -0.133. The highest BCUT2D eigenvalue weighted by molar-refractivity contribution is 7.15. The second-order valence-electron chi connectivity index (χ2n) is 7.44. The average Bonchev–Trinajstić information content (AvgIpc) is 3.17. The SMILES string of the molecule is C=CCC(C)(C)c1nnc(NC(=O)C(CCC)NC(=O)C(O)c2ccccc2)s1. The number of aliphatic hydroxyl groups excluding tert-OH is 1. The summed E-state index contributed by atoms with van der Waals surface area (Å²) in [5.41, 5.74) is 0.248. The molecule has 2 rings (SSSR count). The molecule has 0 saturated carbocycles. The third-order valence-electron chi connectivity index (χ3n) is 4.46. The summed E-state index contributed by atoms with van der Waals surface area (Å²) in [4.78, 5) is 25.1. The Balaban J connectivity index is 2.05. The first-order valence-electron chi connectivity index (χ1n) is 9.57. The topological polar surface area (TPSA) is 104 Å². The number of amides is 2. The molecule has 0 aliphatic carbocycles. The van der Waals surface area contributed by atoms with Gasteiger partial charge in [-0.2, -0.15) is 0 Å². The van der Waals surface area contributed by atoms with Crippen molar-refractivity contribution >= 4 is 28.3 Å². The first-order valence-corrected chi connectivity index (χ1v) is 10.4. The Bertz CT molecular complexity index is 835. The number of carbonyl (C=O) groups is 2. The highest BCUT2D eigenvalue weighted by Crippen LogP contribution is 2.31. The number of aromatic nitrogens is 2. The van der Waals surface area contributed by atoms with Gasteiger partial charge in [0.25, 0.3) is 5.91 Å². The quantitative estimate of drug-likeness (QED) is 0.515. The summed E-state index contributed by atoms with van der Waals surface area (Å²) < 4.78 is 0. The van der Waals surface area contributed by atoms with Crippen LogP contribution in [0.1, 0.15) is 56.7 Å². The van der Waals surface area contributed by atoms with Crippen molar-refractivity contribution in [1.29, 1.82) is 0 Å². The zero-order valence-electron chi connectivity index (χ0n) is 17.0. The largest absolute Gasteiger partial charge is 0.378 e. The van der Waals surface area contributed by atoms with Crippen LogP contribution in [0.3, 0.4) is 0 Å². The summed E-state index contributed by atoms with van der Waals surface area (Å²) >= 11 is 1.30. The van der Waals surface area contributed by atoms with Crippen molar-refractivity contribution in [2.75, 3.05) is 5.32 Å². The molecule has 2 atom stereocenters. The zero-order chi connectivity index (χ0) is 21.4. The third-order valence-corrected chi connectivity index (χ3v) is 5.67. The molecule has 156 valence electrons. The van der Waals surface area contributed by atoms with Gasteiger partial charge in [-0.3, -0.25) is 14.9 Å². The summed E-state index contributed by atoms with van der Waals surface area (Å²) in [6.07, 6.45) is 2.35. The summed E-state index contributed by atoms with van der Waals surface area (Å²) in [6, 6.07) is 7.82. The van der Waals surface area contributed by atoms with E-state index in [4.69, 9.17) is 0 Å². The summed E-state index contributed by atoms with van der Waals surface area (Å²) in [5, 5.41) is 25.0. The minimum atomic E-state index is -1.34. The van der Waals surface area contributed by atoms with Crippen molar-refractivity contribution in [1.82, 2.24) is 15.5 Å². The predicted molar refractivity (Wildman–Crippen MR) is 115 cm³/mol. The van der Waals surface area contributed by atoms with E-state index in [1.165, 1.54) is 11.3 Å². The highest BCUT2D eigenvalue weighted by Gasteiger charge is 2.27. The van der Waals surface area contributed by atoms with Crippen LogP contribution in [0.25, 0.3) is 0 Å². The van der Waals surface area contributed by atoms with Gasteiger partial charge in [-0.15, -0.1) is 16.8 Å². The number of nitrogens with one attached hydrogen (secondary N) is 2. The van der Waals surface area contributed by atoms with Gasteiger partial charge in [-0.05, 0) is 18.4 Å². The molecule has 2 amide bonds.